The van der Waals surface area contributed by atoms with Crippen molar-refractivity contribution in [2.24, 2.45) is 22.7 Å². The van der Waals surface area contributed by atoms with Gasteiger partial charge in [-0.05, 0) is 60.8 Å². The fourth-order valence-electron chi connectivity index (χ4n) is 7.59. The average molecular weight is 446 g/mol. The maximum atomic E-state index is 13.8. The number of para-hydroxylation sites is 1. The first kappa shape index (κ1) is 22.2. The van der Waals surface area contributed by atoms with Crippen LogP contribution < -0.4 is 0 Å². The quantitative estimate of drug-likeness (QED) is 0.485. The summed E-state index contributed by atoms with van der Waals surface area (Å²) in [4.78, 5) is 10.6. The molecule has 0 spiro atoms. The second-order valence-electron chi connectivity index (χ2n) is 10.5. The Morgan fingerprint density at radius 1 is 1.16 bits per heavy atom. The lowest BCUT2D eigenvalue weighted by Gasteiger charge is -2.62. The first-order chi connectivity index (χ1) is 14.5. The van der Waals surface area contributed by atoms with Gasteiger partial charge in [-0.1, -0.05) is 39.3 Å². The summed E-state index contributed by atoms with van der Waals surface area (Å²) < 4.78 is 29.1. The summed E-state index contributed by atoms with van der Waals surface area (Å²) in [5.74, 6) is 0.565. The third-order valence-electron chi connectivity index (χ3n) is 8.72. The molecule has 0 bridgehead atoms. The van der Waals surface area contributed by atoms with E-state index in [0.717, 1.165) is 19.3 Å². The molecule has 3 fully saturated rings. The molecule has 0 aromatic heterocycles. The van der Waals surface area contributed by atoms with Crippen LogP contribution in [0.4, 0.5) is 5.69 Å². The van der Waals surface area contributed by atoms with Gasteiger partial charge in [-0.3, -0.25) is 10.1 Å². The van der Waals surface area contributed by atoms with E-state index in [1.807, 2.05) is 0 Å². The van der Waals surface area contributed by atoms with Crippen LogP contribution >= 0.6 is 0 Å². The number of benzene rings is 1. The minimum atomic E-state index is -4.12. The number of nitrogens with zero attached hydrogens (tertiary/aromatic N) is 3. The van der Waals surface area contributed by atoms with Crippen LogP contribution in [0.1, 0.15) is 65.7 Å². The predicted octanol–water partition coefficient (Wildman–Crippen LogP) is 4.88. The predicted molar refractivity (Wildman–Crippen MR) is 117 cm³/mol. The van der Waals surface area contributed by atoms with Gasteiger partial charge in [0, 0.05) is 12.6 Å². The third kappa shape index (κ3) is 3.12. The van der Waals surface area contributed by atoms with Crippen LogP contribution in [0.5, 0.6) is 0 Å². The second kappa shape index (κ2) is 7.28. The average Bonchev–Trinajstić information content (AvgIpc) is 3.09. The molecule has 0 unspecified atom stereocenters. The standard InChI is InChI=1S/C23H31N3O4S/c1-21(2)11-6-12-22(3)19(21)9-13-23(14-15-24)20(22)10-16-25(23)31(29,30)18-8-5-4-7-17(18)26(27)28/h4-5,7-8,19-20H,6,9-14,16H2,1-3H3/t19-,20-,22-,23-/m0/s1. The molecule has 4 rings (SSSR count). The summed E-state index contributed by atoms with van der Waals surface area (Å²) in [7, 11) is -4.12. The van der Waals surface area contributed by atoms with Gasteiger partial charge in [0.25, 0.3) is 5.69 Å². The van der Waals surface area contributed by atoms with Crippen LogP contribution in [0, 0.1) is 44.1 Å². The molecule has 1 saturated heterocycles. The number of hydrogen-bond donors (Lipinski definition) is 0. The zero-order valence-corrected chi connectivity index (χ0v) is 19.3. The van der Waals surface area contributed by atoms with Gasteiger partial charge < -0.3 is 0 Å². The molecule has 0 radical (unpaired) electrons. The normalized spacial score (nSPS) is 35.0. The summed E-state index contributed by atoms with van der Waals surface area (Å²) in [5.41, 5.74) is -1.05. The Hall–Kier alpha value is -1.98. The fourth-order valence-corrected chi connectivity index (χ4v) is 9.60. The van der Waals surface area contributed by atoms with Gasteiger partial charge in [0.15, 0.2) is 4.90 Å². The number of nitro groups is 1. The third-order valence-corrected chi connectivity index (χ3v) is 10.7. The molecule has 168 valence electrons. The van der Waals surface area contributed by atoms with Crippen molar-refractivity contribution >= 4 is 15.7 Å². The van der Waals surface area contributed by atoms with Crippen LogP contribution in [0.2, 0.25) is 0 Å². The second-order valence-corrected chi connectivity index (χ2v) is 12.4. The smallest absolute Gasteiger partial charge is 0.258 e. The van der Waals surface area contributed by atoms with Crippen molar-refractivity contribution in [2.45, 2.75) is 76.2 Å². The van der Waals surface area contributed by atoms with Gasteiger partial charge >= 0.3 is 0 Å². The Bertz CT molecular complexity index is 1050. The summed E-state index contributed by atoms with van der Waals surface area (Å²) in [6.45, 7) is 7.26. The summed E-state index contributed by atoms with van der Waals surface area (Å²) >= 11 is 0. The number of hydrogen-bond acceptors (Lipinski definition) is 5. The van der Waals surface area contributed by atoms with Crippen LogP contribution in [-0.2, 0) is 10.0 Å². The highest BCUT2D eigenvalue weighted by Gasteiger charge is 2.65. The topological polar surface area (TPSA) is 104 Å². The molecule has 1 aromatic carbocycles. The molecule has 2 aliphatic carbocycles. The van der Waals surface area contributed by atoms with Crippen LogP contribution in [0.3, 0.4) is 0 Å². The molecular formula is C23H31N3O4S. The van der Waals surface area contributed by atoms with Crippen molar-refractivity contribution in [3.63, 3.8) is 0 Å². The van der Waals surface area contributed by atoms with E-state index in [1.54, 1.807) is 0 Å². The van der Waals surface area contributed by atoms with Crippen molar-refractivity contribution in [1.82, 2.24) is 4.31 Å². The number of sulfonamides is 1. The van der Waals surface area contributed by atoms with E-state index in [4.69, 9.17) is 0 Å². The van der Waals surface area contributed by atoms with E-state index in [1.165, 1.54) is 35.0 Å². The van der Waals surface area contributed by atoms with Crippen molar-refractivity contribution in [3.8, 4) is 6.07 Å². The van der Waals surface area contributed by atoms with Crippen molar-refractivity contribution in [2.75, 3.05) is 6.54 Å². The highest BCUT2D eigenvalue weighted by molar-refractivity contribution is 7.89. The van der Waals surface area contributed by atoms with Gasteiger partial charge in [0.1, 0.15) is 0 Å². The van der Waals surface area contributed by atoms with E-state index in [-0.39, 0.29) is 28.1 Å². The maximum absolute atomic E-state index is 13.8. The monoisotopic (exact) mass is 445 g/mol. The number of nitriles is 1. The molecule has 8 heteroatoms. The van der Waals surface area contributed by atoms with Gasteiger partial charge in [-0.15, -0.1) is 0 Å². The molecule has 1 aliphatic heterocycles. The lowest BCUT2D eigenvalue weighted by Crippen LogP contribution is -2.61. The Labute approximate surface area is 184 Å². The first-order valence-corrected chi connectivity index (χ1v) is 12.6. The maximum Gasteiger partial charge on any atom is 0.289 e. The van der Waals surface area contributed by atoms with E-state index >= 15 is 0 Å². The Morgan fingerprint density at radius 3 is 2.55 bits per heavy atom. The van der Waals surface area contributed by atoms with E-state index in [9.17, 15) is 23.8 Å². The van der Waals surface area contributed by atoms with E-state index < -0.39 is 26.2 Å². The van der Waals surface area contributed by atoms with Gasteiger partial charge in [0.2, 0.25) is 10.0 Å². The Balaban J connectivity index is 1.82. The number of rotatable bonds is 4. The highest BCUT2D eigenvalue weighted by Crippen LogP contribution is 2.66. The van der Waals surface area contributed by atoms with E-state index in [2.05, 4.69) is 26.8 Å². The number of fused-ring (bicyclic) bond motifs is 3. The zero-order valence-electron chi connectivity index (χ0n) is 18.5. The molecule has 1 heterocycles. The van der Waals surface area contributed by atoms with Gasteiger partial charge in [-0.2, -0.15) is 9.57 Å². The Kier molecular flexibility index (Phi) is 5.22. The summed E-state index contributed by atoms with van der Waals surface area (Å²) in [5, 5.41) is 21.3. The molecule has 3 aliphatic rings. The molecule has 4 atom stereocenters. The van der Waals surface area contributed by atoms with Crippen molar-refractivity contribution in [1.29, 1.82) is 5.26 Å². The summed E-state index contributed by atoms with van der Waals surface area (Å²) in [6, 6.07) is 7.83. The SMILES string of the molecule is CC1(C)CCC[C@@]2(C)[C@H]1CC[C@]1(CC#N)[C@H]2CCN1S(=O)(=O)c1ccccc1[N+](=O)[O-]. The van der Waals surface area contributed by atoms with Gasteiger partial charge in [0.05, 0.1) is 23.0 Å². The summed E-state index contributed by atoms with van der Waals surface area (Å²) in [6.07, 6.45) is 5.65. The van der Waals surface area contributed by atoms with Gasteiger partial charge in [-0.25, -0.2) is 8.42 Å². The van der Waals surface area contributed by atoms with Crippen LogP contribution in [-0.4, -0.2) is 29.7 Å². The highest BCUT2D eigenvalue weighted by atomic mass is 32.2. The van der Waals surface area contributed by atoms with Crippen LogP contribution in [0.15, 0.2) is 29.2 Å². The largest absolute Gasteiger partial charge is 0.289 e. The van der Waals surface area contributed by atoms with Crippen LogP contribution in [0.25, 0.3) is 0 Å². The first-order valence-electron chi connectivity index (χ1n) is 11.1. The van der Waals surface area contributed by atoms with Crippen molar-refractivity contribution < 1.29 is 13.3 Å². The lowest BCUT2D eigenvalue weighted by molar-refractivity contribution is -0.387. The molecule has 0 N–H and O–H groups in total. The minimum Gasteiger partial charge on any atom is -0.258 e. The number of nitro benzene ring substituents is 1. The molecule has 0 amide bonds. The van der Waals surface area contributed by atoms with Crippen molar-refractivity contribution in [3.05, 3.63) is 34.4 Å². The zero-order chi connectivity index (χ0) is 22.7. The molecule has 1 aromatic rings. The molecule has 31 heavy (non-hydrogen) atoms. The molecule has 2 saturated carbocycles. The van der Waals surface area contributed by atoms with E-state index in [0.29, 0.717) is 25.3 Å². The minimum absolute atomic E-state index is 0.0380. The lowest BCUT2D eigenvalue weighted by atomic mass is 9.45. The molecule has 7 nitrogen and oxygen atoms in total. The molecular weight excluding hydrogens is 414 g/mol. The fraction of sp³-hybridized carbons (Fsp3) is 0.696. The Morgan fingerprint density at radius 2 is 1.87 bits per heavy atom.